The van der Waals surface area contributed by atoms with E-state index in [2.05, 4.69) is 33.9 Å². The van der Waals surface area contributed by atoms with Crippen molar-refractivity contribution in [3.05, 3.63) is 22.3 Å². The smallest absolute Gasteiger partial charge is 0.341 e. The average molecular weight is 467 g/mol. The van der Waals surface area contributed by atoms with Crippen molar-refractivity contribution in [1.29, 1.82) is 0 Å². The zero-order chi connectivity index (χ0) is 22.4. The molecule has 1 saturated heterocycles. The van der Waals surface area contributed by atoms with Crippen molar-refractivity contribution in [2.75, 3.05) is 24.3 Å². The predicted octanol–water partition coefficient (Wildman–Crippen LogP) is 4.11. The molecule has 0 radical (unpaired) electrons. The highest BCUT2D eigenvalue weighted by Crippen LogP contribution is 2.30. The van der Waals surface area contributed by atoms with Gasteiger partial charge in [0, 0.05) is 17.4 Å². The van der Waals surface area contributed by atoms with Gasteiger partial charge >= 0.3 is 5.97 Å². The monoisotopic (exact) mass is 466 g/mol. The Hall–Kier alpha value is -1.91. The number of hydrogen-bond donors (Lipinski definition) is 1. The lowest BCUT2D eigenvalue weighted by Crippen LogP contribution is -2.19. The van der Waals surface area contributed by atoms with Gasteiger partial charge < -0.3 is 19.4 Å². The van der Waals surface area contributed by atoms with Gasteiger partial charge in [0.05, 0.1) is 30.6 Å². The standard InChI is InChI=1S/C21H30N4O4S2/c1-5-15-10-16(20(27)28-6-2)19(31-15)22-17(26)12-30-21-24-23-18(13(3)4)25(21)11-14-8-7-9-29-14/h10,13-14H,5-9,11-12H2,1-4H3,(H,22,26). The van der Waals surface area contributed by atoms with Crippen molar-refractivity contribution in [1.82, 2.24) is 14.8 Å². The molecule has 0 aliphatic carbocycles. The molecular formula is C21H30N4O4S2. The molecule has 3 heterocycles. The topological polar surface area (TPSA) is 95.3 Å². The molecule has 0 bridgehead atoms. The first-order valence-corrected chi connectivity index (χ1v) is 12.5. The van der Waals surface area contributed by atoms with E-state index in [4.69, 9.17) is 9.47 Å². The molecule has 1 N–H and O–H groups in total. The van der Waals surface area contributed by atoms with Crippen LogP contribution in [0.15, 0.2) is 11.2 Å². The van der Waals surface area contributed by atoms with Crippen molar-refractivity contribution in [2.45, 2.75) is 70.7 Å². The van der Waals surface area contributed by atoms with E-state index in [9.17, 15) is 9.59 Å². The van der Waals surface area contributed by atoms with E-state index in [1.54, 1.807) is 13.0 Å². The van der Waals surface area contributed by atoms with E-state index in [1.165, 1.54) is 23.1 Å². The van der Waals surface area contributed by atoms with Crippen molar-refractivity contribution < 1.29 is 19.1 Å². The minimum atomic E-state index is -0.417. The molecule has 0 spiro atoms. The number of rotatable bonds is 10. The van der Waals surface area contributed by atoms with Crippen LogP contribution in [0.25, 0.3) is 0 Å². The van der Waals surface area contributed by atoms with Gasteiger partial charge in [-0.1, -0.05) is 32.5 Å². The number of amides is 1. The summed E-state index contributed by atoms with van der Waals surface area (Å²) in [4.78, 5) is 25.9. The molecule has 1 aliphatic rings. The lowest BCUT2D eigenvalue weighted by atomic mass is 10.2. The number of nitrogens with zero attached hydrogens (tertiary/aromatic N) is 3. The fourth-order valence-electron chi connectivity index (χ4n) is 3.36. The molecular weight excluding hydrogens is 436 g/mol. The van der Waals surface area contributed by atoms with Gasteiger partial charge in [-0.05, 0) is 32.3 Å². The summed E-state index contributed by atoms with van der Waals surface area (Å²) < 4.78 is 13.0. The Balaban J connectivity index is 1.67. The van der Waals surface area contributed by atoms with Crippen LogP contribution in [0.1, 0.15) is 67.5 Å². The molecule has 3 rings (SSSR count). The zero-order valence-corrected chi connectivity index (χ0v) is 20.1. The van der Waals surface area contributed by atoms with Crippen LogP contribution >= 0.6 is 23.1 Å². The number of thioether (sulfide) groups is 1. The quantitative estimate of drug-likeness (QED) is 0.416. The van der Waals surface area contributed by atoms with Crippen LogP contribution in [0.3, 0.4) is 0 Å². The fraction of sp³-hybridized carbons (Fsp3) is 0.619. The second-order valence-corrected chi connectivity index (χ2v) is 9.69. The lowest BCUT2D eigenvalue weighted by Gasteiger charge is -2.15. The highest BCUT2D eigenvalue weighted by atomic mass is 32.2. The molecule has 1 atom stereocenters. The molecule has 2 aromatic heterocycles. The number of carbonyl (C=O) groups excluding carboxylic acids is 2. The Morgan fingerprint density at radius 2 is 2.19 bits per heavy atom. The van der Waals surface area contributed by atoms with E-state index in [0.29, 0.717) is 22.3 Å². The molecule has 1 aliphatic heterocycles. The molecule has 170 valence electrons. The van der Waals surface area contributed by atoms with Gasteiger partial charge in [-0.3, -0.25) is 4.79 Å². The van der Waals surface area contributed by atoms with E-state index < -0.39 is 5.97 Å². The molecule has 2 aromatic rings. The normalized spacial score (nSPS) is 16.1. The van der Waals surface area contributed by atoms with Crippen LogP contribution < -0.4 is 5.32 Å². The molecule has 0 aromatic carbocycles. The van der Waals surface area contributed by atoms with Gasteiger partial charge in [-0.15, -0.1) is 21.5 Å². The van der Waals surface area contributed by atoms with Crippen LogP contribution in [-0.4, -0.2) is 51.7 Å². The summed E-state index contributed by atoms with van der Waals surface area (Å²) in [7, 11) is 0. The van der Waals surface area contributed by atoms with Crippen molar-refractivity contribution in [2.24, 2.45) is 0 Å². The Morgan fingerprint density at radius 3 is 2.84 bits per heavy atom. The maximum Gasteiger partial charge on any atom is 0.341 e. The van der Waals surface area contributed by atoms with Crippen molar-refractivity contribution in [3.8, 4) is 0 Å². The Bertz CT molecular complexity index is 903. The molecule has 1 unspecified atom stereocenters. The Morgan fingerprint density at radius 1 is 1.39 bits per heavy atom. The van der Waals surface area contributed by atoms with Crippen molar-refractivity contribution >= 4 is 40.0 Å². The van der Waals surface area contributed by atoms with E-state index >= 15 is 0 Å². The highest BCUT2D eigenvalue weighted by Gasteiger charge is 2.23. The van der Waals surface area contributed by atoms with Gasteiger partial charge in [-0.25, -0.2) is 4.79 Å². The summed E-state index contributed by atoms with van der Waals surface area (Å²) in [6, 6.07) is 1.79. The minimum Gasteiger partial charge on any atom is -0.462 e. The SMILES string of the molecule is CCOC(=O)c1cc(CC)sc1NC(=O)CSc1nnc(C(C)C)n1CC1CCCO1. The third kappa shape index (κ3) is 6.08. The fourth-order valence-corrected chi connectivity index (χ4v) is 5.12. The van der Waals surface area contributed by atoms with Crippen LogP contribution in [0.2, 0.25) is 0 Å². The number of ether oxygens (including phenoxy) is 2. The van der Waals surface area contributed by atoms with Gasteiger partial charge in [0.1, 0.15) is 10.8 Å². The number of nitrogens with one attached hydrogen (secondary N) is 1. The molecule has 1 fully saturated rings. The van der Waals surface area contributed by atoms with Gasteiger partial charge in [-0.2, -0.15) is 0 Å². The second-order valence-electron chi connectivity index (χ2n) is 7.61. The summed E-state index contributed by atoms with van der Waals surface area (Å²) in [5, 5.41) is 12.8. The van der Waals surface area contributed by atoms with Crippen LogP contribution in [0.5, 0.6) is 0 Å². The van der Waals surface area contributed by atoms with Gasteiger partial charge in [0.2, 0.25) is 5.91 Å². The Labute approximate surface area is 191 Å². The summed E-state index contributed by atoms with van der Waals surface area (Å²) in [6.45, 7) is 9.71. The van der Waals surface area contributed by atoms with Crippen LogP contribution in [-0.2, 0) is 27.2 Å². The third-order valence-electron chi connectivity index (χ3n) is 4.88. The third-order valence-corrected chi connectivity index (χ3v) is 7.05. The predicted molar refractivity (Wildman–Crippen MR) is 122 cm³/mol. The first-order chi connectivity index (χ1) is 14.9. The Kier molecular flexibility index (Phi) is 8.50. The molecule has 8 nitrogen and oxygen atoms in total. The summed E-state index contributed by atoms with van der Waals surface area (Å²) in [5.41, 5.74) is 0.408. The molecule has 0 saturated carbocycles. The number of aryl methyl sites for hydroxylation is 1. The first-order valence-electron chi connectivity index (χ1n) is 10.7. The van der Waals surface area contributed by atoms with E-state index in [0.717, 1.165) is 36.6 Å². The van der Waals surface area contributed by atoms with Crippen LogP contribution in [0, 0.1) is 0 Å². The summed E-state index contributed by atoms with van der Waals surface area (Å²) in [5.74, 6) is 0.678. The number of hydrogen-bond acceptors (Lipinski definition) is 8. The largest absolute Gasteiger partial charge is 0.462 e. The van der Waals surface area contributed by atoms with Gasteiger partial charge in [0.25, 0.3) is 0 Å². The maximum atomic E-state index is 12.7. The molecule has 31 heavy (non-hydrogen) atoms. The van der Waals surface area contributed by atoms with Crippen molar-refractivity contribution in [3.63, 3.8) is 0 Å². The number of carbonyl (C=O) groups is 2. The van der Waals surface area contributed by atoms with Gasteiger partial charge in [0.15, 0.2) is 5.16 Å². The second kappa shape index (κ2) is 11.1. The first kappa shape index (κ1) is 23.7. The summed E-state index contributed by atoms with van der Waals surface area (Å²) >= 11 is 2.75. The van der Waals surface area contributed by atoms with E-state index in [1.807, 2.05) is 6.92 Å². The maximum absolute atomic E-state index is 12.7. The molecule has 10 heteroatoms. The zero-order valence-electron chi connectivity index (χ0n) is 18.5. The average Bonchev–Trinajstić information content (AvgIpc) is 3.47. The highest BCUT2D eigenvalue weighted by molar-refractivity contribution is 7.99. The number of anilines is 1. The van der Waals surface area contributed by atoms with E-state index in [-0.39, 0.29) is 30.3 Å². The molecule has 1 amide bonds. The number of aromatic nitrogens is 3. The lowest BCUT2D eigenvalue weighted by molar-refractivity contribution is -0.113. The van der Waals surface area contributed by atoms with Crippen LogP contribution in [0.4, 0.5) is 5.00 Å². The summed E-state index contributed by atoms with van der Waals surface area (Å²) in [6.07, 6.45) is 3.03. The minimum absolute atomic E-state index is 0.160. The number of esters is 1. The number of thiophene rings is 1.